The Kier molecular flexibility index (Phi) is 3.33. The Morgan fingerprint density at radius 2 is 2.32 bits per heavy atom. The second-order valence-electron chi connectivity index (χ2n) is 5.53. The van der Waals surface area contributed by atoms with Gasteiger partial charge in [0.2, 0.25) is 0 Å². The number of aromatic nitrogens is 1. The van der Waals surface area contributed by atoms with Crippen molar-refractivity contribution in [3.63, 3.8) is 0 Å². The molecule has 5 nitrogen and oxygen atoms in total. The maximum atomic E-state index is 12.5. The van der Waals surface area contributed by atoms with Crippen LogP contribution in [0.15, 0.2) is 12.3 Å². The third-order valence-electron chi connectivity index (χ3n) is 4.32. The molecule has 3 rings (SSSR count). The number of nitrogens with one attached hydrogen (secondary N) is 1. The molecule has 2 saturated heterocycles. The lowest BCUT2D eigenvalue weighted by Crippen LogP contribution is -2.59. The maximum absolute atomic E-state index is 12.5. The van der Waals surface area contributed by atoms with Crippen molar-refractivity contribution in [1.82, 2.24) is 14.8 Å². The quantitative estimate of drug-likeness (QED) is 0.818. The standard InChI is InChI=1S/C14H21N3O2/c1-10-3-5-15-13(10)14(18)17-6-4-12-11(9-17)16(2)7-8-19-12/h3,5,11-12,15H,4,6-9H2,1-2H3/t11-,12-/m0/s1. The van der Waals surface area contributed by atoms with Crippen LogP contribution in [0.25, 0.3) is 0 Å². The Balaban J connectivity index is 1.73. The molecule has 0 aromatic carbocycles. The van der Waals surface area contributed by atoms with Crippen molar-refractivity contribution in [3.05, 3.63) is 23.5 Å². The summed E-state index contributed by atoms with van der Waals surface area (Å²) in [6, 6.07) is 2.28. The molecule has 2 aliphatic heterocycles. The van der Waals surface area contributed by atoms with E-state index < -0.39 is 0 Å². The predicted molar refractivity (Wildman–Crippen MR) is 72.2 cm³/mol. The molecule has 1 amide bonds. The topological polar surface area (TPSA) is 48.6 Å². The molecule has 0 aliphatic carbocycles. The van der Waals surface area contributed by atoms with Crippen LogP contribution in [0.5, 0.6) is 0 Å². The fourth-order valence-electron chi connectivity index (χ4n) is 3.06. The number of rotatable bonds is 1. The van der Waals surface area contributed by atoms with Crippen LogP contribution in [0.3, 0.4) is 0 Å². The van der Waals surface area contributed by atoms with Gasteiger partial charge < -0.3 is 14.6 Å². The summed E-state index contributed by atoms with van der Waals surface area (Å²) in [6.45, 7) is 5.27. The summed E-state index contributed by atoms with van der Waals surface area (Å²) in [5.41, 5.74) is 1.73. The van der Waals surface area contributed by atoms with Gasteiger partial charge in [-0.2, -0.15) is 0 Å². The average molecular weight is 263 g/mol. The van der Waals surface area contributed by atoms with E-state index >= 15 is 0 Å². The summed E-state index contributed by atoms with van der Waals surface area (Å²) in [5.74, 6) is 0.111. The molecule has 2 atom stereocenters. The zero-order valence-corrected chi connectivity index (χ0v) is 11.6. The number of likely N-dealkylation sites (N-methyl/N-ethyl adjacent to an activating group) is 1. The normalized spacial score (nSPS) is 28.2. The highest BCUT2D eigenvalue weighted by molar-refractivity contribution is 5.94. The lowest BCUT2D eigenvalue weighted by atomic mass is 9.99. The number of piperidine rings is 1. The van der Waals surface area contributed by atoms with E-state index in [0.29, 0.717) is 6.04 Å². The number of hydrogen-bond donors (Lipinski definition) is 1. The molecule has 1 N–H and O–H groups in total. The molecule has 0 spiro atoms. The summed E-state index contributed by atoms with van der Waals surface area (Å²) in [4.78, 5) is 19.8. The fourth-order valence-corrected chi connectivity index (χ4v) is 3.06. The van der Waals surface area contributed by atoms with Crippen LogP contribution in [0, 0.1) is 6.92 Å². The third kappa shape index (κ3) is 2.28. The number of hydrogen-bond acceptors (Lipinski definition) is 3. The van der Waals surface area contributed by atoms with Gasteiger partial charge in [0.25, 0.3) is 5.91 Å². The number of carbonyl (C=O) groups excluding carboxylic acids is 1. The first-order valence-electron chi connectivity index (χ1n) is 6.92. The Morgan fingerprint density at radius 3 is 3.05 bits per heavy atom. The van der Waals surface area contributed by atoms with E-state index in [4.69, 9.17) is 4.74 Å². The molecular formula is C14H21N3O2. The van der Waals surface area contributed by atoms with Gasteiger partial charge in [0.05, 0.1) is 18.8 Å². The van der Waals surface area contributed by atoms with Crippen molar-refractivity contribution in [2.75, 3.05) is 33.3 Å². The zero-order chi connectivity index (χ0) is 13.4. The van der Waals surface area contributed by atoms with Gasteiger partial charge in [-0.05, 0) is 32.0 Å². The number of nitrogens with zero attached hydrogens (tertiary/aromatic N) is 2. The van der Waals surface area contributed by atoms with Crippen molar-refractivity contribution in [3.8, 4) is 0 Å². The van der Waals surface area contributed by atoms with Crippen LogP contribution >= 0.6 is 0 Å². The number of morpholine rings is 1. The van der Waals surface area contributed by atoms with Gasteiger partial charge in [-0.25, -0.2) is 0 Å². The van der Waals surface area contributed by atoms with Crippen LogP contribution in [0.1, 0.15) is 22.5 Å². The number of aryl methyl sites for hydroxylation is 1. The second-order valence-corrected chi connectivity index (χ2v) is 5.53. The highest BCUT2D eigenvalue weighted by atomic mass is 16.5. The van der Waals surface area contributed by atoms with Crippen molar-refractivity contribution in [2.24, 2.45) is 0 Å². The van der Waals surface area contributed by atoms with Gasteiger partial charge >= 0.3 is 0 Å². The first kappa shape index (κ1) is 12.7. The Morgan fingerprint density at radius 1 is 1.47 bits per heavy atom. The zero-order valence-electron chi connectivity index (χ0n) is 11.6. The first-order chi connectivity index (χ1) is 9.16. The number of fused-ring (bicyclic) bond motifs is 1. The fraction of sp³-hybridized carbons (Fsp3) is 0.643. The van der Waals surface area contributed by atoms with Crippen molar-refractivity contribution < 1.29 is 9.53 Å². The van der Waals surface area contributed by atoms with Crippen LogP contribution in [-0.4, -0.2) is 66.1 Å². The summed E-state index contributed by atoms with van der Waals surface area (Å²) in [5, 5.41) is 0. The first-order valence-corrected chi connectivity index (χ1v) is 6.92. The minimum Gasteiger partial charge on any atom is -0.375 e. The smallest absolute Gasteiger partial charge is 0.270 e. The van der Waals surface area contributed by atoms with E-state index in [1.807, 2.05) is 24.1 Å². The molecule has 0 unspecified atom stereocenters. The summed E-state index contributed by atoms with van der Waals surface area (Å²) < 4.78 is 5.81. The van der Waals surface area contributed by atoms with Crippen LogP contribution < -0.4 is 0 Å². The molecule has 3 heterocycles. The van der Waals surface area contributed by atoms with Crippen LogP contribution in [-0.2, 0) is 4.74 Å². The highest BCUT2D eigenvalue weighted by Crippen LogP contribution is 2.23. The third-order valence-corrected chi connectivity index (χ3v) is 4.32. The molecule has 1 aromatic heterocycles. The molecule has 0 radical (unpaired) electrons. The molecule has 19 heavy (non-hydrogen) atoms. The monoisotopic (exact) mass is 263 g/mol. The number of carbonyl (C=O) groups is 1. The predicted octanol–water partition coefficient (Wildman–Crippen LogP) is 0.868. The van der Waals surface area contributed by atoms with Gasteiger partial charge in [-0.15, -0.1) is 0 Å². The van der Waals surface area contributed by atoms with E-state index in [-0.39, 0.29) is 12.0 Å². The van der Waals surface area contributed by atoms with Crippen molar-refractivity contribution in [1.29, 1.82) is 0 Å². The van der Waals surface area contributed by atoms with Gasteiger partial charge in [0.15, 0.2) is 0 Å². The number of likely N-dealkylation sites (tertiary alicyclic amines) is 1. The SMILES string of the molecule is Cc1cc[nH]c1C(=O)N1CC[C@@H]2OCCN(C)[C@H]2C1. The lowest BCUT2D eigenvalue weighted by molar-refractivity contribution is -0.0894. The molecule has 5 heteroatoms. The molecular weight excluding hydrogens is 242 g/mol. The van der Waals surface area contributed by atoms with Gasteiger partial charge in [-0.3, -0.25) is 9.69 Å². The average Bonchev–Trinajstić information content (AvgIpc) is 2.84. The van der Waals surface area contributed by atoms with E-state index in [2.05, 4.69) is 16.9 Å². The minimum atomic E-state index is 0.111. The van der Waals surface area contributed by atoms with Gasteiger partial charge in [0, 0.05) is 25.8 Å². The highest BCUT2D eigenvalue weighted by Gasteiger charge is 2.37. The number of H-pyrrole nitrogens is 1. The largest absolute Gasteiger partial charge is 0.375 e. The van der Waals surface area contributed by atoms with E-state index in [0.717, 1.165) is 43.9 Å². The number of ether oxygens (including phenoxy) is 1. The molecule has 0 bridgehead atoms. The number of amides is 1. The lowest BCUT2D eigenvalue weighted by Gasteiger charge is -2.45. The summed E-state index contributed by atoms with van der Waals surface area (Å²) >= 11 is 0. The van der Waals surface area contributed by atoms with E-state index in [9.17, 15) is 4.79 Å². The van der Waals surface area contributed by atoms with Gasteiger partial charge in [0.1, 0.15) is 5.69 Å². The van der Waals surface area contributed by atoms with E-state index in [1.54, 1.807) is 0 Å². The molecule has 1 aromatic rings. The van der Waals surface area contributed by atoms with Crippen LogP contribution in [0.2, 0.25) is 0 Å². The Labute approximate surface area is 113 Å². The maximum Gasteiger partial charge on any atom is 0.270 e. The summed E-state index contributed by atoms with van der Waals surface area (Å²) in [6.07, 6.45) is 3.04. The number of aromatic amines is 1. The molecule has 2 aliphatic rings. The van der Waals surface area contributed by atoms with Crippen molar-refractivity contribution >= 4 is 5.91 Å². The Bertz CT molecular complexity index is 471. The van der Waals surface area contributed by atoms with E-state index in [1.165, 1.54) is 0 Å². The summed E-state index contributed by atoms with van der Waals surface area (Å²) in [7, 11) is 2.12. The molecule has 104 valence electrons. The minimum absolute atomic E-state index is 0.111. The molecule has 2 fully saturated rings. The second kappa shape index (κ2) is 4.98. The molecule has 0 saturated carbocycles. The van der Waals surface area contributed by atoms with Crippen LogP contribution in [0.4, 0.5) is 0 Å². The van der Waals surface area contributed by atoms with Gasteiger partial charge in [-0.1, -0.05) is 0 Å². The van der Waals surface area contributed by atoms with Crippen molar-refractivity contribution in [2.45, 2.75) is 25.5 Å². The Hall–Kier alpha value is -1.33.